The minimum absolute atomic E-state index is 0.324. The normalized spacial score (nSPS) is 51.1. The molecule has 3 heteroatoms. The molecule has 0 spiro atoms. The number of rotatable bonds is 2. The van der Waals surface area contributed by atoms with Gasteiger partial charge in [0, 0.05) is 19.1 Å². The van der Waals surface area contributed by atoms with Gasteiger partial charge in [0.2, 0.25) is 0 Å². The molecule has 3 nitrogen and oxygen atoms in total. The molecule has 0 aromatic carbocycles. The summed E-state index contributed by atoms with van der Waals surface area (Å²) in [7, 11) is 0. The van der Waals surface area contributed by atoms with Crippen molar-refractivity contribution in [3.63, 3.8) is 0 Å². The number of fused-ring (bicyclic) bond motifs is 1. The predicted molar refractivity (Wildman–Crippen MR) is 51.9 cm³/mol. The third kappa shape index (κ3) is 0.937. The molecule has 1 heterocycles. The van der Waals surface area contributed by atoms with Crippen molar-refractivity contribution in [2.24, 2.45) is 17.3 Å². The number of hydrogen-bond acceptors (Lipinski definition) is 2. The lowest BCUT2D eigenvalue weighted by Gasteiger charge is -2.41. The van der Waals surface area contributed by atoms with Gasteiger partial charge in [0.1, 0.15) is 0 Å². The van der Waals surface area contributed by atoms with Gasteiger partial charge >= 0.3 is 5.97 Å². The molecule has 3 aliphatic rings. The van der Waals surface area contributed by atoms with E-state index in [1.54, 1.807) is 0 Å². The predicted octanol–water partition coefficient (Wildman–Crippen LogP) is 1.19. The van der Waals surface area contributed by atoms with Gasteiger partial charge in [-0.1, -0.05) is 6.92 Å². The number of likely N-dealkylation sites (tertiary alicyclic amines) is 1. The molecule has 2 aliphatic carbocycles. The molecule has 0 aromatic heterocycles. The van der Waals surface area contributed by atoms with Crippen molar-refractivity contribution in [3.05, 3.63) is 0 Å². The van der Waals surface area contributed by atoms with Crippen LogP contribution < -0.4 is 0 Å². The Morgan fingerprint density at radius 2 is 2.29 bits per heavy atom. The van der Waals surface area contributed by atoms with Crippen molar-refractivity contribution < 1.29 is 9.90 Å². The van der Waals surface area contributed by atoms with Gasteiger partial charge in [0.25, 0.3) is 0 Å². The summed E-state index contributed by atoms with van der Waals surface area (Å²) in [4.78, 5) is 13.5. The van der Waals surface area contributed by atoms with E-state index in [1.807, 2.05) is 0 Å². The van der Waals surface area contributed by atoms with Crippen LogP contribution in [-0.2, 0) is 4.79 Å². The molecule has 0 bridgehead atoms. The minimum atomic E-state index is -0.558. The smallest absolute Gasteiger partial charge is 0.311 e. The van der Waals surface area contributed by atoms with E-state index >= 15 is 0 Å². The summed E-state index contributed by atoms with van der Waals surface area (Å²) in [5.74, 6) is 0.697. The van der Waals surface area contributed by atoms with E-state index in [1.165, 1.54) is 12.8 Å². The molecule has 1 aliphatic heterocycles. The van der Waals surface area contributed by atoms with Crippen molar-refractivity contribution in [2.45, 2.75) is 32.2 Å². The van der Waals surface area contributed by atoms with Gasteiger partial charge in [-0.3, -0.25) is 9.69 Å². The second kappa shape index (κ2) is 2.51. The molecule has 1 saturated heterocycles. The van der Waals surface area contributed by atoms with Gasteiger partial charge in [-0.2, -0.15) is 0 Å². The Kier molecular flexibility index (Phi) is 1.56. The average molecular weight is 195 g/mol. The summed E-state index contributed by atoms with van der Waals surface area (Å²) >= 11 is 0. The van der Waals surface area contributed by atoms with E-state index in [0.717, 1.165) is 25.4 Å². The number of carbonyl (C=O) groups is 1. The number of piperidine rings is 1. The van der Waals surface area contributed by atoms with Crippen molar-refractivity contribution in [1.82, 2.24) is 4.90 Å². The molecule has 14 heavy (non-hydrogen) atoms. The molecule has 1 N–H and O–H groups in total. The van der Waals surface area contributed by atoms with Crippen LogP contribution in [0.5, 0.6) is 0 Å². The molecular formula is C11H17NO2. The highest BCUT2D eigenvalue weighted by Crippen LogP contribution is 2.59. The fourth-order valence-electron chi connectivity index (χ4n) is 3.30. The summed E-state index contributed by atoms with van der Waals surface area (Å²) in [5.41, 5.74) is -0.324. The quantitative estimate of drug-likeness (QED) is 0.719. The number of nitrogens with zero attached hydrogens (tertiary/aromatic N) is 1. The van der Waals surface area contributed by atoms with Crippen LogP contribution >= 0.6 is 0 Å². The molecular weight excluding hydrogens is 178 g/mol. The largest absolute Gasteiger partial charge is 0.481 e. The number of aliphatic carboxylic acids is 1. The van der Waals surface area contributed by atoms with E-state index in [9.17, 15) is 4.79 Å². The molecule has 78 valence electrons. The van der Waals surface area contributed by atoms with Crippen LogP contribution in [0.3, 0.4) is 0 Å². The molecule has 4 unspecified atom stereocenters. The maximum atomic E-state index is 11.1. The van der Waals surface area contributed by atoms with Crippen molar-refractivity contribution in [3.8, 4) is 0 Å². The van der Waals surface area contributed by atoms with Crippen molar-refractivity contribution in [1.29, 1.82) is 0 Å². The van der Waals surface area contributed by atoms with E-state index < -0.39 is 5.97 Å². The van der Waals surface area contributed by atoms with Crippen LogP contribution in [0.4, 0.5) is 0 Å². The maximum absolute atomic E-state index is 11.1. The highest BCUT2D eigenvalue weighted by molar-refractivity contribution is 5.79. The van der Waals surface area contributed by atoms with E-state index in [2.05, 4.69) is 11.8 Å². The Morgan fingerprint density at radius 1 is 1.50 bits per heavy atom. The third-order valence-corrected chi connectivity index (χ3v) is 4.64. The molecule has 0 aromatic rings. The zero-order valence-corrected chi connectivity index (χ0v) is 8.57. The third-order valence-electron chi connectivity index (χ3n) is 4.64. The Balaban J connectivity index is 1.69. The van der Waals surface area contributed by atoms with Crippen LogP contribution in [0, 0.1) is 17.3 Å². The fourth-order valence-corrected chi connectivity index (χ4v) is 3.30. The lowest BCUT2D eigenvalue weighted by atomic mass is 9.80. The topological polar surface area (TPSA) is 40.5 Å². The SMILES string of the molecule is CC1CCC1N1CC2CC2(C(=O)O)C1. The van der Waals surface area contributed by atoms with Gasteiger partial charge in [0.15, 0.2) is 0 Å². The van der Waals surface area contributed by atoms with Gasteiger partial charge in [-0.15, -0.1) is 0 Å². The Labute approximate surface area is 84.1 Å². The lowest BCUT2D eigenvalue weighted by molar-refractivity contribution is -0.143. The molecule has 0 amide bonds. The Morgan fingerprint density at radius 3 is 2.71 bits per heavy atom. The van der Waals surface area contributed by atoms with Gasteiger partial charge in [-0.05, 0) is 31.1 Å². The summed E-state index contributed by atoms with van der Waals surface area (Å²) < 4.78 is 0. The van der Waals surface area contributed by atoms with Crippen molar-refractivity contribution in [2.75, 3.05) is 13.1 Å². The molecule has 3 rings (SSSR count). The second-order valence-corrected chi connectivity index (χ2v) is 5.41. The van der Waals surface area contributed by atoms with Crippen LogP contribution in [0.2, 0.25) is 0 Å². The average Bonchev–Trinajstić information content (AvgIpc) is 2.68. The highest BCUT2D eigenvalue weighted by Gasteiger charge is 2.66. The first-order valence-electron chi connectivity index (χ1n) is 5.61. The van der Waals surface area contributed by atoms with E-state index in [4.69, 9.17) is 5.11 Å². The molecule has 2 saturated carbocycles. The monoisotopic (exact) mass is 195 g/mol. The second-order valence-electron chi connectivity index (χ2n) is 5.41. The van der Waals surface area contributed by atoms with Crippen molar-refractivity contribution >= 4 is 5.97 Å². The highest BCUT2D eigenvalue weighted by atomic mass is 16.4. The first-order chi connectivity index (χ1) is 6.63. The zero-order valence-electron chi connectivity index (χ0n) is 8.57. The van der Waals surface area contributed by atoms with Gasteiger partial charge in [0.05, 0.1) is 5.41 Å². The number of carboxylic acid groups (broad SMARTS) is 1. The van der Waals surface area contributed by atoms with Crippen LogP contribution in [0.25, 0.3) is 0 Å². The maximum Gasteiger partial charge on any atom is 0.311 e. The van der Waals surface area contributed by atoms with Crippen LogP contribution in [-0.4, -0.2) is 35.1 Å². The number of carboxylic acids is 1. The standard InChI is InChI=1S/C11H17NO2/c1-7-2-3-9(7)12-5-8-4-11(8,6-12)10(13)14/h7-9H,2-6H2,1H3,(H,13,14). The lowest BCUT2D eigenvalue weighted by Crippen LogP contribution is -2.46. The Bertz CT molecular complexity index is 291. The van der Waals surface area contributed by atoms with E-state index in [-0.39, 0.29) is 5.41 Å². The fraction of sp³-hybridized carbons (Fsp3) is 0.909. The molecule has 3 fully saturated rings. The van der Waals surface area contributed by atoms with Gasteiger partial charge < -0.3 is 5.11 Å². The summed E-state index contributed by atoms with van der Waals surface area (Å²) in [6.45, 7) is 4.15. The van der Waals surface area contributed by atoms with E-state index in [0.29, 0.717) is 12.0 Å². The summed E-state index contributed by atoms with van der Waals surface area (Å²) in [6.07, 6.45) is 3.54. The number of hydrogen-bond donors (Lipinski definition) is 1. The summed E-state index contributed by atoms with van der Waals surface area (Å²) in [6, 6.07) is 0.694. The first kappa shape index (κ1) is 8.72. The molecule has 4 atom stereocenters. The van der Waals surface area contributed by atoms with Crippen LogP contribution in [0.15, 0.2) is 0 Å². The van der Waals surface area contributed by atoms with Crippen LogP contribution in [0.1, 0.15) is 26.2 Å². The minimum Gasteiger partial charge on any atom is -0.481 e. The van der Waals surface area contributed by atoms with Gasteiger partial charge in [-0.25, -0.2) is 0 Å². The summed E-state index contributed by atoms with van der Waals surface area (Å²) in [5, 5.41) is 9.14. The molecule has 0 radical (unpaired) electrons. The Hall–Kier alpha value is -0.570. The first-order valence-corrected chi connectivity index (χ1v) is 5.61. The zero-order chi connectivity index (χ0) is 9.92.